The van der Waals surface area contributed by atoms with Crippen molar-refractivity contribution in [1.82, 2.24) is 10.6 Å². The van der Waals surface area contributed by atoms with Crippen LogP contribution in [0.3, 0.4) is 0 Å². The van der Waals surface area contributed by atoms with E-state index in [4.69, 9.17) is 0 Å². The van der Waals surface area contributed by atoms with Crippen molar-refractivity contribution in [2.75, 3.05) is 13.6 Å². The molecule has 1 aliphatic rings. The molecule has 1 rings (SSSR count). The molecule has 0 unspecified atom stereocenters. The van der Waals surface area contributed by atoms with Crippen molar-refractivity contribution in [3.63, 3.8) is 0 Å². The molecule has 0 aromatic carbocycles. The molecule has 1 aliphatic carbocycles. The first-order valence-corrected chi connectivity index (χ1v) is 5.67. The molecule has 0 aliphatic heterocycles. The van der Waals surface area contributed by atoms with Crippen molar-refractivity contribution in [2.45, 2.75) is 44.3 Å². The number of rotatable bonds is 6. The summed E-state index contributed by atoms with van der Waals surface area (Å²) < 4.78 is 12.9. The smallest absolute Gasteiger partial charge is 0.309 e. The van der Waals surface area contributed by atoms with Gasteiger partial charge >= 0.3 is 6.41 Å². The van der Waals surface area contributed by atoms with Gasteiger partial charge < -0.3 is 10.6 Å². The van der Waals surface area contributed by atoms with Crippen LogP contribution >= 0.6 is 0 Å². The fourth-order valence-corrected chi connectivity index (χ4v) is 2.28. The van der Waals surface area contributed by atoms with Crippen LogP contribution in [0.25, 0.3) is 0 Å². The van der Waals surface area contributed by atoms with E-state index in [-0.39, 0.29) is 6.04 Å². The van der Waals surface area contributed by atoms with E-state index in [2.05, 4.69) is 10.6 Å². The first kappa shape index (κ1) is 12.4. The van der Waals surface area contributed by atoms with Gasteiger partial charge in [0.05, 0.1) is 0 Å². The van der Waals surface area contributed by atoms with Crippen LogP contribution in [0.15, 0.2) is 0 Å². The van der Waals surface area contributed by atoms with Crippen molar-refractivity contribution in [3.8, 4) is 0 Å². The second-order valence-electron chi connectivity index (χ2n) is 4.35. The summed E-state index contributed by atoms with van der Waals surface area (Å²) in [7, 11) is 1.86. The number of alkyl halides is 1. The van der Waals surface area contributed by atoms with Gasteiger partial charge in [-0.3, -0.25) is 4.79 Å². The lowest BCUT2D eigenvalue weighted by atomic mass is 9.84. The summed E-state index contributed by atoms with van der Waals surface area (Å²) in [6, 6.07) is 0.133. The van der Waals surface area contributed by atoms with E-state index in [1.165, 1.54) is 0 Å². The summed E-state index contributed by atoms with van der Waals surface area (Å²) >= 11 is 0. The Morgan fingerprint density at radius 1 is 1.40 bits per heavy atom. The lowest BCUT2D eigenvalue weighted by molar-refractivity contribution is 0.193. The van der Waals surface area contributed by atoms with E-state index in [0.717, 1.165) is 25.8 Å². The van der Waals surface area contributed by atoms with Crippen molar-refractivity contribution in [2.24, 2.45) is 5.92 Å². The number of hydrogen-bond acceptors (Lipinski definition) is 2. The quantitative estimate of drug-likeness (QED) is 0.653. The summed E-state index contributed by atoms with van der Waals surface area (Å²) in [5, 5.41) is 5.72. The topological polar surface area (TPSA) is 41.1 Å². The largest absolute Gasteiger partial charge is 0.344 e. The van der Waals surface area contributed by atoms with Crippen LogP contribution in [0, 0.1) is 5.92 Å². The Morgan fingerprint density at radius 2 is 2.07 bits per heavy atom. The first-order valence-electron chi connectivity index (χ1n) is 5.67. The van der Waals surface area contributed by atoms with Gasteiger partial charge in [0.25, 0.3) is 0 Å². The number of nitrogens with one attached hydrogen (secondary N) is 2. The Labute approximate surface area is 90.8 Å². The van der Waals surface area contributed by atoms with Crippen LogP contribution < -0.4 is 10.6 Å². The van der Waals surface area contributed by atoms with Crippen molar-refractivity contribution < 1.29 is 9.18 Å². The zero-order chi connectivity index (χ0) is 11.1. The number of likely N-dealkylation sites (N-methyl/N-ethyl adjacent to an activating group) is 1. The highest BCUT2D eigenvalue weighted by atomic mass is 19.1. The third kappa shape index (κ3) is 4.60. The maximum absolute atomic E-state index is 12.9. The van der Waals surface area contributed by atoms with Crippen LogP contribution in [0.5, 0.6) is 0 Å². The van der Waals surface area contributed by atoms with E-state index in [9.17, 15) is 9.18 Å². The SMILES string of the molecule is CNC[C@H](C[C@H]1CC[C@H](F)CC1)N[C]=O. The minimum Gasteiger partial charge on any atom is -0.344 e. The monoisotopic (exact) mass is 215 g/mol. The Hall–Kier alpha value is -0.640. The van der Waals surface area contributed by atoms with Crippen molar-refractivity contribution >= 4 is 6.41 Å². The van der Waals surface area contributed by atoms with Gasteiger partial charge in [-0.1, -0.05) is 0 Å². The lowest BCUT2D eigenvalue weighted by Gasteiger charge is -2.27. The average Bonchev–Trinajstić information content (AvgIpc) is 2.22. The maximum atomic E-state index is 12.9. The number of amides is 1. The Morgan fingerprint density at radius 3 is 2.60 bits per heavy atom. The lowest BCUT2D eigenvalue weighted by Crippen LogP contribution is -2.38. The van der Waals surface area contributed by atoms with Crippen LogP contribution in [0.1, 0.15) is 32.1 Å². The average molecular weight is 215 g/mol. The summed E-state index contributed by atoms with van der Waals surface area (Å²) in [5.41, 5.74) is 0. The van der Waals surface area contributed by atoms with E-state index < -0.39 is 6.17 Å². The Bertz CT molecular complexity index is 181. The summed E-state index contributed by atoms with van der Waals surface area (Å²) in [6.07, 6.45) is 5.33. The fourth-order valence-electron chi connectivity index (χ4n) is 2.28. The molecule has 1 radical (unpaired) electrons. The zero-order valence-corrected chi connectivity index (χ0v) is 9.26. The normalized spacial score (nSPS) is 28.4. The van der Waals surface area contributed by atoms with Crippen LogP contribution in [-0.2, 0) is 4.79 Å². The minimum atomic E-state index is -0.602. The summed E-state index contributed by atoms with van der Waals surface area (Å²) in [5.74, 6) is 0.552. The van der Waals surface area contributed by atoms with Gasteiger partial charge in [-0.05, 0) is 45.1 Å². The first-order chi connectivity index (χ1) is 7.26. The molecule has 3 nitrogen and oxygen atoms in total. The molecule has 87 valence electrons. The minimum absolute atomic E-state index is 0.133. The third-order valence-electron chi connectivity index (χ3n) is 3.11. The molecule has 0 bridgehead atoms. The predicted molar refractivity (Wildman–Crippen MR) is 58.0 cm³/mol. The molecule has 0 aromatic rings. The van der Waals surface area contributed by atoms with E-state index in [1.54, 1.807) is 6.41 Å². The highest BCUT2D eigenvalue weighted by Crippen LogP contribution is 2.29. The van der Waals surface area contributed by atoms with E-state index in [1.807, 2.05) is 7.05 Å². The molecule has 0 spiro atoms. The Kier molecular flexibility index (Phi) is 5.61. The number of halogens is 1. The second kappa shape index (κ2) is 6.77. The fraction of sp³-hybridized carbons (Fsp3) is 0.909. The molecule has 0 saturated heterocycles. The molecule has 0 aromatic heterocycles. The summed E-state index contributed by atoms with van der Waals surface area (Å²) in [6.45, 7) is 0.755. The third-order valence-corrected chi connectivity index (χ3v) is 3.11. The second-order valence-corrected chi connectivity index (χ2v) is 4.35. The van der Waals surface area contributed by atoms with Gasteiger partial charge in [0.1, 0.15) is 6.17 Å². The molecule has 2 N–H and O–H groups in total. The molecule has 4 heteroatoms. The number of carbonyl (C=O) groups excluding carboxylic acids is 1. The standard InChI is InChI=1S/C11H20FN2O/c1-13-7-11(14-8-15)6-9-2-4-10(12)5-3-9/h9-11,13H,2-7H2,1H3,(H,14,15)/t9-,10-,11-/m0/s1. The van der Waals surface area contributed by atoms with Gasteiger partial charge in [-0.2, -0.15) is 0 Å². The van der Waals surface area contributed by atoms with Gasteiger partial charge in [0.15, 0.2) is 0 Å². The van der Waals surface area contributed by atoms with Crippen LogP contribution in [0.4, 0.5) is 4.39 Å². The van der Waals surface area contributed by atoms with Gasteiger partial charge in [-0.25, -0.2) is 4.39 Å². The molecular formula is C11H20FN2O. The van der Waals surface area contributed by atoms with E-state index in [0.29, 0.717) is 18.8 Å². The molecule has 1 atom stereocenters. The van der Waals surface area contributed by atoms with Gasteiger partial charge in [0, 0.05) is 12.6 Å². The Balaban J connectivity index is 2.27. The van der Waals surface area contributed by atoms with Crippen molar-refractivity contribution in [1.29, 1.82) is 0 Å². The summed E-state index contributed by atoms with van der Waals surface area (Å²) in [4.78, 5) is 10.3. The van der Waals surface area contributed by atoms with Gasteiger partial charge in [0.2, 0.25) is 0 Å². The highest BCUT2D eigenvalue weighted by molar-refractivity contribution is 5.47. The van der Waals surface area contributed by atoms with E-state index >= 15 is 0 Å². The molecule has 0 heterocycles. The molecule has 1 saturated carbocycles. The van der Waals surface area contributed by atoms with Crippen LogP contribution in [-0.4, -0.2) is 32.2 Å². The molecule has 15 heavy (non-hydrogen) atoms. The van der Waals surface area contributed by atoms with Gasteiger partial charge in [-0.15, -0.1) is 0 Å². The number of hydrogen-bond donors (Lipinski definition) is 2. The molecule has 1 amide bonds. The van der Waals surface area contributed by atoms with Crippen molar-refractivity contribution in [3.05, 3.63) is 0 Å². The predicted octanol–water partition coefficient (Wildman–Crippen LogP) is 1.15. The van der Waals surface area contributed by atoms with Crippen LogP contribution in [0.2, 0.25) is 0 Å². The molecular weight excluding hydrogens is 195 g/mol. The maximum Gasteiger partial charge on any atom is 0.309 e. The molecule has 1 fully saturated rings. The zero-order valence-electron chi connectivity index (χ0n) is 9.26. The highest BCUT2D eigenvalue weighted by Gasteiger charge is 2.23.